The second kappa shape index (κ2) is 74.8. The average Bonchev–Trinajstić information content (AvgIpc) is 3.51. The van der Waals surface area contributed by atoms with Crippen molar-refractivity contribution in [2.24, 2.45) is 0 Å². The molecule has 0 radical (unpaired) electrons. The van der Waals surface area contributed by atoms with Crippen LogP contribution < -0.4 is 5.32 Å². The first kappa shape index (κ1) is 83.3. The zero-order chi connectivity index (χ0) is 61.3. The highest BCUT2D eigenvalue weighted by atomic mass is 16.5. The fourth-order valence-electron chi connectivity index (χ4n) is 12.6. The zero-order valence-corrected chi connectivity index (χ0v) is 57.9. The van der Waals surface area contributed by atoms with E-state index in [4.69, 9.17) is 4.74 Å². The van der Waals surface area contributed by atoms with E-state index in [2.05, 4.69) is 43.5 Å². The molecule has 0 aromatic carbocycles. The van der Waals surface area contributed by atoms with Gasteiger partial charge in [-0.05, 0) is 57.8 Å². The number of hydrogen-bond donors (Lipinski definition) is 3. The summed E-state index contributed by atoms with van der Waals surface area (Å²) in [5, 5.41) is 23.5. The van der Waals surface area contributed by atoms with Crippen LogP contribution in [0.1, 0.15) is 444 Å². The highest BCUT2D eigenvalue weighted by molar-refractivity contribution is 5.76. The molecule has 0 aromatic rings. The summed E-state index contributed by atoms with van der Waals surface area (Å²) < 4.78 is 5.51. The average molecular weight is 1200 g/mol. The van der Waals surface area contributed by atoms with Crippen LogP contribution in [0.3, 0.4) is 0 Å². The molecule has 504 valence electrons. The summed E-state index contributed by atoms with van der Waals surface area (Å²) in [6.07, 6.45) is 95.4. The van der Waals surface area contributed by atoms with Gasteiger partial charge in [-0.25, -0.2) is 0 Å². The maximum absolute atomic E-state index is 12.6. The summed E-state index contributed by atoms with van der Waals surface area (Å²) in [5.41, 5.74) is 0. The van der Waals surface area contributed by atoms with Gasteiger partial charge in [-0.2, -0.15) is 0 Å². The summed E-state index contributed by atoms with van der Waals surface area (Å²) in [5.74, 6) is -0.0169. The molecule has 1 amide bonds. The minimum Gasteiger partial charge on any atom is -0.466 e. The van der Waals surface area contributed by atoms with Gasteiger partial charge in [-0.3, -0.25) is 9.59 Å². The van der Waals surface area contributed by atoms with Crippen molar-refractivity contribution in [3.8, 4) is 0 Å². The first-order valence-corrected chi connectivity index (χ1v) is 39.1. The second-order valence-corrected chi connectivity index (χ2v) is 27.0. The van der Waals surface area contributed by atoms with Gasteiger partial charge in [0, 0.05) is 12.8 Å². The maximum Gasteiger partial charge on any atom is 0.305 e. The number of allylic oxidation sites excluding steroid dienone is 4. The van der Waals surface area contributed by atoms with E-state index in [1.807, 2.05) is 0 Å². The highest BCUT2D eigenvalue weighted by Gasteiger charge is 2.20. The molecule has 0 spiro atoms. The molecule has 2 unspecified atom stereocenters. The second-order valence-electron chi connectivity index (χ2n) is 27.0. The Morgan fingerprint density at radius 2 is 0.588 bits per heavy atom. The number of rotatable bonds is 74. The van der Waals surface area contributed by atoms with Gasteiger partial charge >= 0.3 is 5.97 Å². The Bertz CT molecular complexity index is 1330. The van der Waals surface area contributed by atoms with Crippen molar-refractivity contribution in [2.45, 2.75) is 456 Å². The van der Waals surface area contributed by atoms with Crippen LogP contribution in [0.2, 0.25) is 0 Å². The molecular formula is C79H153NO5. The lowest BCUT2D eigenvalue weighted by atomic mass is 10.0. The van der Waals surface area contributed by atoms with Gasteiger partial charge in [0.1, 0.15) is 0 Å². The summed E-state index contributed by atoms with van der Waals surface area (Å²) in [4.78, 5) is 24.7. The van der Waals surface area contributed by atoms with Crippen LogP contribution in [0.25, 0.3) is 0 Å². The smallest absolute Gasteiger partial charge is 0.305 e. The molecule has 0 bridgehead atoms. The summed E-state index contributed by atoms with van der Waals surface area (Å²) in [7, 11) is 0. The third-order valence-electron chi connectivity index (χ3n) is 18.5. The first-order chi connectivity index (χ1) is 42.0. The Hall–Kier alpha value is -1.66. The van der Waals surface area contributed by atoms with Crippen LogP contribution in [0.5, 0.6) is 0 Å². The van der Waals surface area contributed by atoms with Crippen molar-refractivity contribution in [1.82, 2.24) is 5.32 Å². The van der Waals surface area contributed by atoms with Crippen LogP contribution in [0, 0.1) is 0 Å². The van der Waals surface area contributed by atoms with E-state index in [1.54, 1.807) is 0 Å². The number of unbranched alkanes of at least 4 members (excludes halogenated alkanes) is 59. The number of hydrogen-bond acceptors (Lipinski definition) is 5. The fraction of sp³-hybridized carbons (Fsp3) is 0.924. The van der Waals surface area contributed by atoms with Gasteiger partial charge < -0.3 is 20.3 Å². The molecule has 0 aromatic heterocycles. The quantitative estimate of drug-likeness (QED) is 0.0320. The number of amides is 1. The van der Waals surface area contributed by atoms with Crippen molar-refractivity contribution >= 4 is 11.9 Å². The van der Waals surface area contributed by atoms with E-state index >= 15 is 0 Å². The van der Waals surface area contributed by atoms with Crippen molar-refractivity contribution in [3.05, 3.63) is 24.3 Å². The molecule has 0 fully saturated rings. The first-order valence-electron chi connectivity index (χ1n) is 39.1. The van der Waals surface area contributed by atoms with Gasteiger partial charge in [0.25, 0.3) is 0 Å². The van der Waals surface area contributed by atoms with Crippen LogP contribution in [0.15, 0.2) is 24.3 Å². The Morgan fingerprint density at radius 3 is 0.894 bits per heavy atom. The number of nitrogens with one attached hydrogen (secondary N) is 1. The van der Waals surface area contributed by atoms with E-state index in [-0.39, 0.29) is 18.5 Å². The SMILES string of the molecule is CCCCCCCCCCCCCCCCCCCCCCCCCCC(O)C(CO)NC(=O)CCCCCCCCCCCCC/C=C\C/C=C\CCCCCCCCCCCOC(=O)CCCCCCCCCCCCCCCCCCC. The molecule has 6 nitrogen and oxygen atoms in total. The molecule has 0 saturated carbocycles. The summed E-state index contributed by atoms with van der Waals surface area (Å²) in [6.45, 7) is 5.00. The van der Waals surface area contributed by atoms with E-state index in [0.29, 0.717) is 25.9 Å². The highest BCUT2D eigenvalue weighted by Crippen LogP contribution is 2.20. The Morgan fingerprint density at radius 1 is 0.329 bits per heavy atom. The Labute approximate surface area is 532 Å². The van der Waals surface area contributed by atoms with E-state index in [9.17, 15) is 19.8 Å². The number of aliphatic hydroxyl groups excluding tert-OH is 2. The fourth-order valence-corrected chi connectivity index (χ4v) is 12.6. The summed E-state index contributed by atoms with van der Waals surface area (Å²) >= 11 is 0. The monoisotopic (exact) mass is 1200 g/mol. The topological polar surface area (TPSA) is 95.9 Å². The predicted molar refractivity (Wildman–Crippen MR) is 375 cm³/mol. The number of carbonyl (C=O) groups excluding carboxylic acids is 2. The predicted octanol–water partition coefficient (Wildman–Crippen LogP) is 25.7. The molecule has 0 heterocycles. The van der Waals surface area contributed by atoms with Crippen molar-refractivity contribution in [2.75, 3.05) is 13.2 Å². The normalized spacial score (nSPS) is 12.6. The third-order valence-corrected chi connectivity index (χ3v) is 18.5. The van der Waals surface area contributed by atoms with Gasteiger partial charge in [0.15, 0.2) is 0 Å². The van der Waals surface area contributed by atoms with E-state index in [0.717, 1.165) is 44.9 Å². The molecule has 6 heteroatoms. The molecule has 0 aliphatic carbocycles. The van der Waals surface area contributed by atoms with Crippen LogP contribution in [0.4, 0.5) is 0 Å². The molecule has 2 atom stereocenters. The molecule has 3 N–H and O–H groups in total. The van der Waals surface area contributed by atoms with Crippen molar-refractivity contribution < 1.29 is 24.5 Å². The lowest BCUT2D eigenvalue weighted by Crippen LogP contribution is -2.45. The van der Waals surface area contributed by atoms with Gasteiger partial charge in [-0.15, -0.1) is 0 Å². The molecule has 85 heavy (non-hydrogen) atoms. The number of carbonyl (C=O) groups is 2. The number of ether oxygens (including phenoxy) is 1. The number of esters is 1. The van der Waals surface area contributed by atoms with Gasteiger partial charge in [0.2, 0.25) is 5.91 Å². The summed E-state index contributed by atoms with van der Waals surface area (Å²) in [6, 6.07) is -0.545. The lowest BCUT2D eigenvalue weighted by molar-refractivity contribution is -0.143. The molecular weight excluding hydrogens is 1040 g/mol. The number of aliphatic hydroxyl groups is 2. The molecule has 0 aliphatic rings. The van der Waals surface area contributed by atoms with Crippen LogP contribution in [-0.2, 0) is 14.3 Å². The van der Waals surface area contributed by atoms with E-state index < -0.39 is 12.1 Å². The standard InChI is InChI=1S/C79H153NO5/c1-3-5-7-9-11-13-15-17-19-21-22-23-24-30-33-36-40-43-47-51-55-59-63-67-71-77(82)76(75-81)80-78(83)72-68-64-60-56-52-48-44-41-37-34-31-28-26-25-27-29-32-35-38-42-46-50-54-58-62-66-70-74-85-79(84)73-69-65-61-57-53-49-45-39-20-18-16-14-12-10-8-6-4-2/h25-26,29,32,76-77,81-82H,3-24,27-28,30-31,33-75H2,1-2H3,(H,80,83)/b26-25-,32-29-. The van der Waals surface area contributed by atoms with Crippen LogP contribution in [-0.4, -0.2) is 47.4 Å². The Balaban J connectivity index is 3.40. The minimum atomic E-state index is -0.668. The molecule has 0 aliphatic heterocycles. The molecule has 0 rings (SSSR count). The molecule has 0 saturated heterocycles. The maximum atomic E-state index is 12.6. The van der Waals surface area contributed by atoms with Crippen molar-refractivity contribution in [3.63, 3.8) is 0 Å². The zero-order valence-electron chi connectivity index (χ0n) is 57.9. The largest absolute Gasteiger partial charge is 0.466 e. The lowest BCUT2D eigenvalue weighted by Gasteiger charge is -2.22. The van der Waals surface area contributed by atoms with Crippen molar-refractivity contribution in [1.29, 1.82) is 0 Å². The van der Waals surface area contributed by atoms with Crippen LogP contribution >= 0.6 is 0 Å². The van der Waals surface area contributed by atoms with Gasteiger partial charge in [-0.1, -0.05) is 398 Å². The van der Waals surface area contributed by atoms with Gasteiger partial charge in [0.05, 0.1) is 25.4 Å². The minimum absolute atomic E-state index is 0.0158. The van der Waals surface area contributed by atoms with E-state index in [1.165, 1.54) is 366 Å². The Kier molecular flexibility index (Phi) is 73.3. The third kappa shape index (κ3) is 71.3.